The summed E-state index contributed by atoms with van der Waals surface area (Å²) in [5, 5.41) is 0. The molecule has 162 valence electrons. The first-order chi connectivity index (χ1) is 13.5. The minimum Gasteiger partial charge on any atom is -0.377 e. The first-order valence-electron chi connectivity index (χ1n) is 12.1. The molecule has 28 heavy (non-hydrogen) atoms. The Kier molecular flexibility index (Phi) is 14.4. The van der Waals surface area contributed by atoms with E-state index in [0.29, 0.717) is 0 Å². The predicted octanol–water partition coefficient (Wildman–Crippen LogP) is 8.67. The van der Waals surface area contributed by atoms with Crippen LogP contribution in [0.5, 0.6) is 0 Å². The van der Waals surface area contributed by atoms with Crippen molar-refractivity contribution in [2.24, 2.45) is 23.7 Å². The third-order valence-corrected chi connectivity index (χ3v) is 6.13. The van der Waals surface area contributed by atoms with Crippen molar-refractivity contribution in [3.63, 3.8) is 0 Å². The van der Waals surface area contributed by atoms with E-state index in [4.69, 9.17) is 4.74 Å². The second-order valence-electron chi connectivity index (χ2n) is 9.83. The van der Waals surface area contributed by atoms with Gasteiger partial charge in [0.1, 0.15) is 0 Å². The van der Waals surface area contributed by atoms with Crippen LogP contribution < -0.4 is 0 Å². The Balaban J connectivity index is 1.95. The molecule has 0 amide bonds. The zero-order valence-electron chi connectivity index (χ0n) is 19.6. The fraction of sp³-hybridized carbons (Fsp3) is 0.778. The maximum atomic E-state index is 5.83. The van der Waals surface area contributed by atoms with E-state index in [0.717, 1.165) is 36.9 Å². The quantitative estimate of drug-likeness (QED) is 0.242. The summed E-state index contributed by atoms with van der Waals surface area (Å²) in [4.78, 5) is 0. The van der Waals surface area contributed by atoms with Gasteiger partial charge in [-0.15, -0.1) is 0 Å². The molecule has 0 spiro atoms. The van der Waals surface area contributed by atoms with Crippen LogP contribution in [0.3, 0.4) is 0 Å². The van der Waals surface area contributed by atoms with E-state index in [1.807, 2.05) is 0 Å². The van der Waals surface area contributed by atoms with Gasteiger partial charge in [-0.3, -0.25) is 0 Å². The van der Waals surface area contributed by atoms with Crippen molar-refractivity contribution in [2.45, 2.75) is 105 Å². The van der Waals surface area contributed by atoms with E-state index in [-0.39, 0.29) is 0 Å². The monoisotopic (exact) mass is 388 g/mol. The Morgan fingerprint density at radius 2 is 1.07 bits per heavy atom. The highest BCUT2D eigenvalue weighted by Crippen LogP contribution is 2.22. The van der Waals surface area contributed by atoms with Crippen LogP contribution in [0.1, 0.15) is 104 Å². The largest absolute Gasteiger partial charge is 0.377 e. The normalized spacial score (nSPS) is 14.9. The summed E-state index contributed by atoms with van der Waals surface area (Å²) in [6, 6.07) is 10.5. The third kappa shape index (κ3) is 14.2. The molecule has 0 bridgehead atoms. The minimum atomic E-state index is 0.750. The zero-order valence-corrected chi connectivity index (χ0v) is 19.6. The van der Waals surface area contributed by atoms with Crippen LogP contribution in [0, 0.1) is 23.7 Å². The van der Waals surface area contributed by atoms with Crippen molar-refractivity contribution in [2.75, 3.05) is 6.61 Å². The maximum Gasteiger partial charge on any atom is 0.0716 e. The van der Waals surface area contributed by atoms with E-state index >= 15 is 0 Å². The predicted molar refractivity (Wildman–Crippen MR) is 125 cm³/mol. The number of hydrogen-bond donors (Lipinski definition) is 0. The highest BCUT2D eigenvalue weighted by molar-refractivity contribution is 5.13. The smallest absolute Gasteiger partial charge is 0.0716 e. The molecule has 1 nitrogen and oxygen atoms in total. The molecule has 0 saturated heterocycles. The van der Waals surface area contributed by atoms with Crippen molar-refractivity contribution in [3.05, 3.63) is 35.9 Å². The van der Waals surface area contributed by atoms with Gasteiger partial charge in [0.05, 0.1) is 6.61 Å². The number of rotatable bonds is 17. The van der Waals surface area contributed by atoms with Gasteiger partial charge >= 0.3 is 0 Å². The minimum absolute atomic E-state index is 0.750. The topological polar surface area (TPSA) is 9.23 Å². The lowest BCUT2D eigenvalue weighted by Gasteiger charge is -2.16. The molecule has 1 unspecified atom stereocenters. The number of benzene rings is 1. The molecule has 1 aromatic carbocycles. The van der Waals surface area contributed by atoms with E-state index < -0.39 is 0 Å². The molecule has 0 fully saturated rings. The molecule has 0 radical (unpaired) electrons. The molecule has 0 heterocycles. The van der Waals surface area contributed by atoms with Crippen molar-refractivity contribution >= 4 is 0 Å². The molecule has 0 N–H and O–H groups in total. The fourth-order valence-electron chi connectivity index (χ4n) is 3.99. The molecule has 0 aliphatic heterocycles. The van der Waals surface area contributed by atoms with Crippen LogP contribution in [0.4, 0.5) is 0 Å². The van der Waals surface area contributed by atoms with Gasteiger partial charge in [-0.25, -0.2) is 0 Å². The van der Waals surface area contributed by atoms with Crippen molar-refractivity contribution in [3.8, 4) is 0 Å². The van der Waals surface area contributed by atoms with Gasteiger partial charge in [0.2, 0.25) is 0 Å². The zero-order chi connectivity index (χ0) is 20.6. The summed E-state index contributed by atoms with van der Waals surface area (Å²) >= 11 is 0. The van der Waals surface area contributed by atoms with Crippen LogP contribution in [0.2, 0.25) is 0 Å². The fourth-order valence-corrected chi connectivity index (χ4v) is 3.99. The molecule has 1 heteroatoms. The molecule has 0 aliphatic rings. The summed E-state index contributed by atoms with van der Waals surface area (Å²) in [6.07, 6.45) is 13.8. The van der Waals surface area contributed by atoms with Gasteiger partial charge < -0.3 is 4.74 Å². The Hall–Kier alpha value is -0.820. The Morgan fingerprint density at radius 3 is 1.57 bits per heavy atom. The van der Waals surface area contributed by atoms with Crippen molar-refractivity contribution < 1.29 is 4.74 Å². The number of ether oxygens (including phenoxy) is 1. The van der Waals surface area contributed by atoms with Gasteiger partial charge in [-0.05, 0) is 35.7 Å². The lowest BCUT2D eigenvalue weighted by atomic mass is 9.91. The standard InChI is InChI=1S/C27H48O/c1-23(2)12-9-13-24(3)14-10-15-25(4)16-11-17-26(5)20-21-28-22-27-18-7-6-8-19-27/h6-8,18-19,23-26H,9-17,20-22H2,1-5H3/t24-,25-,26?/m1/s1. The van der Waals surface area contributed by atoms with Crippen molar-refractivity contribution in [1.82, 2.24) is 0 Å². The van der Waals surface area contributed by atoms with E-state index in [9.17, 15) is 0 Å². The Bertz CT molecular complexity index is 453. The highest BCUT2D eigenvalue weighted by Gasteiger charge is 2.08. The summed E-state index contributed by atoms with van der Waals surface area (Å²) in [6.45, 7) is 13.6. The summed E-state index contributed by atoms with van der Waals surface area (Å²) < 4.78 is 5.83. The van der Waals surface area contributed by atoms with Crippen LogP contribution >= 0.6 is 0 Å². The SMILES string of the molecule is CC(C)CCC[C@@H](C)CCC[C@@H](C)CCCC(C)CCOCc1ccccc1. The molecule has 1 rings (SSSR count). The van der Waals surface area contributed by atoms with Crippen LogP contribution in [-0.4, -0.2) is 6.61 Å². The third-order valence-electron chi connectivity index (χ3n) is 6.13. The first-order valence-corrected chi connectivity index (χ1v) is 12.1. The van der Waals surface area contributed by atoms with Gasteiger partial charge in [-0.1, -0.05) is 123 Å². The molecule has 3 atom stereocenters. The van der Waals surface area contributed by atoms with Crippen LogP contribution in [-0.2, 0) is 11.3 Å². The second-order valence-corrected chi connectivity index (χ2v) is 9.83. The maximum absolute atomic E-state index is 5.83. The lowest BCUT2D eigenvalue weighted by Crippen LogP contribution is -2.04. The Morgan fingerprint density at radius 1 is 0.607 bits per heavy atom. The summed E-state index contributed by atoms with van der Waals surface area (Å²) in [7, 11) is 0. The van der Waals surface area contributed by atoms with Gasteiger partial charge in [-0.2, -0.15) is 0 Å². The van der Waals surface area contributed by atoms with E-state index in [2.05, 4.69) is 65.0 Å². The molecule has 0 saturated carbocycles. The van der Waals surface area contributed by atoms with Gasteiger partial charge in [0.15, 0.2) is 0 Å². The average Bonchev–Trinajstić information content (AvgIpc) is 2.66. The lowest BCUT2D eigenvalue weighted by molar-refractivity contribution is 0.107. The molecule has 1 aromatic rings. The van der Waals surface area contributed by atoms with Gasteiger partial charge in [0, 0.05) is 6.61 Å². The highest BCUT2D eigenvalue weighted by atomic mass is 16.5. The van der Waals surface area contributed by atoms with E-state index in [1.54, 1.807) is 0 Å². The van der Waals surface area contributed by atoms with Crippen molar-refractivity contribution in [1.29, 1.82) is 0 Å². The molecule has 0 aliphatic carbocycles. The van der Waals surface area contributed by atoms with Crippen LogP contribution in [0.25, 0.3) is 0 Å². The molecular formula is C27H48O. The first kappa shape index (κ1) is 25.2. The van der Waals surface area contributed by atoms with Gasteiger partial charge in [0.25, 0.3) is 0 Å². The average molecular weight is 389 g/mol. The number of hydrogen-bond acceptors (Lipinski definition) is 1. The summed E-state index contributed by atoms with van der Waals surface area (Å²) in [5.74, 6) is 3.46. The molecular weight excluding hydrogens is 340 g/mol. The summed E-state index contributed by atoms with van der Waals surface area (Å²) in [5.41, 5.74) is 1.28. The Labute approximate surface area is 176 Å². The second kappa shape index (κ2) is 16.0. The van der Waals surface area contributed by atoms with Crippen LogP contribution in [0.15, 0.2) is 30.3 Å². The molecule has 0 aromatic heterocycles. The van der Waals surface area contributed by atoms with E-state index in [1.165, 1.54) is 69.8 Å².